The van der Waals surface area contributed by atoms with Crippen molar-refractivity contribution in [2.75, 3.05) is 31.1 Å². The number of ether oxygens (including phenoxy) is 1. The first-order chi connectivity index (χ1) is 13.7. The van der Waals surface area contributed by atoms with Crippen molar-refractivity contribution in [1.29, 1.82) is 5.26 Å². The molecule has 1 aliphatic heterocycles. The summed E-state index contributed by atoms with van der Waals surface area (Å²) in [6, 6.07) is 16.4. The first-order valence-corrected chi connectivity index (χ1v) is 10.6. The summed E-state index contributed by atoms with van der Waals surface area (Å²) in [4.78, 5) is 18.6. The first kappa shape index (κ1) is 21.1. The van der Waals surface area contributed by atoms with Crippen molar-refractivity contribution in [2.24, 2.45) is 0 Å². The first-order valence-electron chi connectivity index (χ1n) is 9.77. The van der Waals surface area contributed by atoms with Gasteiger partial charge in [0.05, 0.1) is 17.3 Å². The summed E-state index contributed by atoms with van der Waals surface area (Å²) in [5, 5.41) is 9.32. The number of nitriles is 1. The molecule has 2 aromatic rings. The third kappa shape index (κ3) is 5.68. The highest BCUT2D eigenvalue weighted by molar-refractivity contribution is 7.99. The van der Waals surface area contributed by atoms with Crippen molar-refractivity contribution in [3.05, 3.63) is 53.6 Å². The highest BCUT2D eigenvalue weighted by Gasteiger charge is 2.26. The molecule has 152 valence electrons. The van der Waals surface area contributed by atoms with Gasteiger partial charge in [-0.25, -0.2) is 4.79 Å². The maximum atomic E-state index is 12.3. The Hall–Kier alpha value is -2.65. The van der Waals surface area contributed by atoms with Gasteiger partial charge in [-0.05, 0) is 58.0 Å². The number of hydrogen-bond donors (Lipinski definition) is 0. The lowest BCUT2D eigenvalue weighted by Crippen LogP contribution is -2.50. The van der Waals surface area contributed by atoms with Crippen LogP contribution in [-0.4, -0.2) is 42.8 Å². The maximum Gasteiger partial charge on any atom is 0.410 e. The number of benzene rings is 2. The van der Waals surface area contributed by atoms with Gasteiger partial charge in [0, 0.05) is 36.0 Å². The van der Waals surface area contributed by atoms with Crippen molar-refractivity contribution in [2.45, 2.75) is 43.1 Å². The standard InChI is InChI=1S/C23H27N3O2S/c1-17-5-8-19(9-6-17)29-21-15-18(16-24)7-10-20(21)25-11-13-26(14-12-25)22(27)28-23(2,3)4/h5-10,15H,11-14H2,1-4H3. The number of carbonyl (C=O) groups excluding carboxylic acids is 1. The molecular formula is C23H27N3O2S. The molecule has 29 heavy (non-hydrogen) atoms. The zero-order valence-electron chi connectivity index (χ0n) is 17.4. The van der Waals surface area contributed by atoms with Gasteiger partial charge in [-0.3, -0.25) is 0 Å². The fourth-order valence-corrected chi connectivity index (χ4v) is 4.13. The minimum absolute atomic E-state index is 0.258. The molecule has 0 atom stereocenters. The molecular weight excluding hydrogens is 382 g/mol. The van der Waals surface area contributed by atoms with Crippen molar-refractivity contribution >= 4 is 23.5 Å². The quantitative estimate of drug-likeness (QED) is 0.708. The van der Waals surface area contributed by atoms with Crippen LogP contribution in [0, 0.1) is 18.3 Å². The van der Waals surface area contributed by atoms with Crippen molar-refractivity contribution in [3.8, 4) is 6.07 Å². The molecule has 1 heterocycles. The zero-order valence-corrected chi connectivity index (χ0v) is 18.3. The largest absolute Gasteiger partial charge is 0.444 e. The fourth-order valence-electron chi connectivity index (χ4n) is 3.12. The number of amides is 1. The number of aryl methyl sites for hydroxylation is 1. The summed E-state index contributed by atoms with van der Waals surface area (Å²) in [6.07, 6.45) is -0.258. The summed E-state index contributed by atoms with van der Waals surface area (Å²) >= 11 is 1.66. The van der Waals surface area contributed by atoms with Crippen LogP contribution in [0.15, 0.2) is 52.3 Å². The molecule has 3 rings (SSSR count). The van der Waals surface area contributed by atoms with E-state index >= 15 is 0 Å². The van der Waals surface area contributed by atoms with E-state index in [9.17, 15) is 10.1 Å². The van der Waals surface area contributed by atoms with Crippen LogP contribution >= 0.6 is 11.8 Å². The van der Waals surface area contributed by atoms with Gasteiger partial charge in [0.25, 0.3) is 0 Å². The van der Waals surface area contributed by atoms with E-state index in [2.05, 4.69) is 42.2 Å². The molecule has 1 aliphatic rings. The predicted octanol–water partition coefficient (Wildman–Crippen LogP) is 5.08. The average molecular weight is 410 g/mol. The number of hydrogen-bond acceptors (Lipinski definition) is 5. The molecule has 1 fully saturated rings. The van der Waals surface area contributed by atoms with E-state index in [0.29, 0.717) is 18.7 Å². The predicted molar refractivity (Wildman–Crippen MR) is 116 cm³/mol. The Morgan fingerprint density at radius 2 is 1.72 bits per heavy atom. The molecule has 0 aromatic heterocycles. The van der Waals surface area contributed by atoms with E-state index in [-0.39, 0.29) is 6.09 Å². The molecule has 0 bridgehead atoms. The number of carbonyl (C=O) groups is 1. The Labute approximate surface area is 177 Å². The summed E-state index contributed by atoms with van der Waals surface area (Å²) in [6.45, 7) is 10.4. The van der Waals surface area contributed by atoms with E-state index in [0.717, 1.165) is 28.6 Å². The van der Waals surface area contributed by atoms with Gasteiger partial charge in [-0.1, -0.05) is 29.5 Å². The number of rotatable bonds is 3. The van der Waals surface area contributed by atoms with Crippen LogP contribution in [0.4, 0.5) is 10.5 Å². The Morgan fingerprint density at radius 1 is 1.07 bits per heavy atom. The summed E-state index contributed by atoms with van der Waals surface area (Å²) in [5.74, 6) is 0. The van der Waals surface area contributed by atoms with E-state index in [1.54, 1.807) is 16.7 Å². The van der Waals surface area contributed by atoms with Crippen LogP contribution in [0.5, 0.6) is 0 Å². The number of piperazine rings is 1. The minimum Gasteiger partial charge on any atom is -0.444 e. The van der Waals surface area contributed by atoms with Crippen LogP contribution in [0.3, 0.4) is 0 Å². The van der Waals surface area contributed by atoms with Gasteiger partial charge in [0.15, 0.2) is 0 Å². The normalized spacial score (nSPS) is 14.4. The van der Waals surface area contributed by atoms with Gasteiger partial charge in [-0.15, -0.1) is 0 Å². The summed E-state index contributed by atoms with van der Waals surface area (Å²) in [5.41, 5.74) is 2.48. The van der Waals surface area contributed by atoms with Crippen molar-refractivity contribution in [1.82, 2.24) is 4.90 Å². The molecule has 0 N–H and O–H groups in total. The van der Waals surface area contributed by atoms with E-state index in [1.807, 2.05) is 39.0 Å². The monoisotopic (exact) mass is 409 g/mol. The smallest absolute Gasteiger partial charge is 0.410 e. The van der Waals surface area contributed by atoms with E-state index in [1.165, 1.54) is 5.56 Å². The van der Waals surface area contributed by atoms with E-state index in [4.69, 9.17) is 4.74 Å². The zero-order chi connectivity index (χ0) is 21.0. The SMILES string of the molecule is Cc1ccc(Sc2cc(C#N)ccc2N2CCN(C(=O)OC(C)(C)C)CC2)cc1. The lowest BCUT2D eigenvalue weighted by atomic mass is 10.2. The summed E-state index contributed by atoms with van der Waals surface area (Å²) < 4.78 is 5.49. The van der Waals surface area contributed by atoms with Gasteiger partial charge in [0.2, 0.25) is 0 Å². The lowest BCUT2D eigenvalue weighted by Gasteiger charge is -2.37. The number of anilines is 1. The molecule has 1 saturated heterocycles. The van der Waals surface area contributed by atoms with Crippen molar-refractivity contribution in [3.63, 3.8) is 0 Å². The Balaban J connectivity index is 1.74. The highest BCUT2D eigenvalue weighted by atomic mass is 32.2. The molecule has 6 heteroatoms. The summed E-state index contributed by atoms with van der Waals surface area (Å²) in [7, 11) is 0. The Morgan fingerprint density at radius 3 is 2.31 bits per heavy atom. The average Bonchev–Trinajstić information content (AvgIpc) is 2.68. The fraction of sp³-hybridized carbons (Fsp3) is 0.391. The van der Waals surface area contributed by atoms with E-state index < -0.39 is 5.60 Å². The van der Waals surface area contributed by atoms with Gasteiger partial charge >= 0.3 is 6.09 Å². The van der Waals surface area contributed by atoms with Gasteiger partial charge in [-0.2, -0.15) is 5.26 Å². The van der Waals surface area contributed by atoms with Crippen molar-refractivity contribution < 1.29 is 9.53 Å². The third-order valence-electron chi connectivity index (χ3n) is 4.61. The topological polar surface area (TPSA) is 56.6 Å². The molecule has 0 radical (unpaired) electrons. The molecule has 1 amide bonds. The van der Waals surface area contributed by atoms with Crippen LogP contribution in [0.1, 0.15) is 31.9 Å². The lowest BCUT2D eigenvalue weighted by molar-refractivity contribution is 0.0240. The molecule has 0 spiro atoms. The second kappa shape index (κ2) is 8.79. The van der Waals surface area contributed by atoms with Crippen LogP contribution in [-0.2, 0) is 4.74 Å². The second-order valence-electron chi connectivity index (χ2n) is 8.16. The maximum absolute atomic E-state index is 12.3. The van der Waals surface area contributed by atoms with Crippen LogP contribution in [0.25, 0.3) is 0 Å². The third-order valence-corrected chi connectivity index (χ3v) is 5.66. The molecule has 5 nitrogen and oxygen atoms in total. The Bertz CT molecular complexity index is 905. The van der Waals surface area contributed by atoms with Gasteiger partial charge in [0.1, 0.15) is 5.60 Å². The molecule has 2 aromatic carbocycles. The highest BCUT2D eigenvalue weighted by Crippen LogP contribution is 2.36. The Kier molecular flexibility index (Phi) is 6.39. The second-order valence-corrected chi connectivity index (χ2v) is 9.28. The minimum atomic E-state index is -0.487. The van der Waals surface area contributed by atoms with Crippen LogP contribution in [0.2, 0.25) is 0 Å². The molecule has 0 unspecified atom stereocenters. The number of nitrogens with zero attached hydrogens (tertiary/aromatic N) is 3. The molecule has 0 aliphatic carbocycles. The van der Waals surface area contributed by atoms with Gasteiger partial charge < -0.3 is 14.5 Å². The molecule has 0 saturated carbocycles. The van der Waals surface area contributed by atoms with Crippen LogP contribution < -0.4 is 4.90 Å².